The molecule has 3 fully saturated rings. The molecule has 1 aromatic heterocycles. The van der Waals surface area contributed by atoms with Crippen molar-refractivity contribution in [3.63, 3.8) is 0 Å². The number of nitrogens with one attached hydrogen (secondary N) is 7. The largest absolute Gasteiger partial charge is 0.494 e. The maximum Gasteiger partial charge on any atom is 0.262 e. The van der Waals surface area contributed by atoms with E-state index >= 15 is 4.39 Å². The topological polar surface area (TPSA) is 270 Å². The van der Waals surface area contributed by atoms with E-state index in [4.69, 9.17) is 29.8 Å². The highest BCUT2D eigenvalue weighted by atomic mass is 19.1. The van der Waals surface area contributed by atoms with E-state index in [9.17, 15) is 28.8 Å². The molecule has 0 saturated carbocycles. The number of hydrogen-bond donors (Lipinski definition) is 7. The lowest BCUT2D eigenvalue weighted by molar-refractivity contribution is -0.136. The van der Waals surface area contributed by atoms with Gasteiger partial charge in [-0.2, -0.15) is 0 Å². The van der Waals surface area contributed by atoms with E-state index < -0.39 is 41.0 Å². The number of unbranched alkanes of at least 4 members (excludes halogenated alkanes) is 3. The van der Waals surface area contributed by atoms with Gasteiger partial charge < -0.3 is 50.0 Å². The van der Waals surface area contributed by atoms with Crippen molar-refractivity contribution in [1.29, 1.82) is 10.8 Å². The van der Waals surface area contributed by atoms with Crippen molar-refractivity contribution in [2.75, 3.05) is 95.7 Å². The number of rotatable bonds is 26. The zero-order chi connectivity index (χ0) is 55.7. The Hall–Kier alpha value is -7.66. The lowest BCUT2D eigenvalue weighted by Crippen LogP contribution is -2.58. The predicted octanol–water partition coefficient (Wildman–Crippen LogP) is 4.97. The number of pyridine rings is 1. The molecule has 0 aliphatic carbocycles. The van der Waals surface area contributed by atoms with Gasteiger partial charge in [0.1, 0.15) is 29.3 Å². The van der Waals surface area contributed by atoms with Gasteiger partial charge in [-0.15, -0.1) is 0 Å². The minimum Gasteiger partial charge on any atom is -0.494 e. The number of piperazine rings is 1. The average Bonchev–Trinajstić information content (AvgIpc) is 3.88. The molecule has 0 spiro atoms. The van der Waals surface area contributed by atoms with E-state index in [1.165, 1.54) is 6.07 Å². The summed E-state index contributed by atoms with van der Waals surface area (Å²) in [5.41, 5.74) is 2.04. The van der Waals surface area contributed by atoms with E-state index in [-0.39, 0.29) is 72.2 Å². The summed E-state index contributed by atoms with van der Waals surface area (Å²) in [5.74, 6) is -2.62. The van der Waals surface area contributed by atoms with Crippen molar-refractivity contribution >= 4 is 58.5 Å². The number of fused-ring (bicyclic) bond motifs is 1. The van der Waals surface area contributed by atoms with Gasteiger partial charge in [-0.05, 0) is 119 Å². The van der Waals surface area contributed by atoms with Crippen molar-refractivity contribution in [3.05, 3.63) is 119 Å². The number of ether oxygens (including phenoxy) is 4. The second-order valence-corrected chi connectivity index (χ2v) is 19.9. The summed E-state index contributed by atoms with van der Waals surface area (Å²) in [6.07, 6.45) is 8.48. The number of nitrogens with zero attached hydrogens (tertiary/aromatic N) is 4. The van der Waals surface area contributed by atoms with Gasteiger partial charge in [0.15, 0.2) is 0 Å². The number of hydrogen-bond acceptors (Lipinski definition) is 16. The fraction of sp³-hybridized carbons (Fsp3) is 0.456. The number of halogens is 1. The lowest BCUT2D eigenvalue weighted by atomic mass is 9.86. The van der Waals surface area contributed by atoms with Crippen LogP contribution < -0.4 is 36.2 Å². The molecule has 0 radical (unpaired) electrons. The van der Waals surface area contributed by atoms with Gasteiger partial charge >= 0.3 is 0 Å². The number of aromatic nitrogens is 1. The maximum absolute atomic E-state index is 15.3. The monoisotopic (exact) mass is 1090 g/mol. The van der Waals surface area contributed by atoms with E-state index in [2.05, 4.69) is 31.6 Å². The zero-order valence-corrected chi connectivity index (χ0v) is 44.5. The van der Waals surface area contributed by atoms with Crippen LogP contribution in [0.3, 0.4) is 0 Å². The van der Waals surface area contributed by atoms with Gasteiger partial charge in [-0.25, -0.2) is 4.39 Å². The predicted molar refractivity (Wildman–Crippen MR) is 292 cm³/mol. The van der Waals surface area contributed by atoms with Gasteiger partial charge in [0.25, 0.3) is 17.7 Å². The summed E-state index contributed by atoms with van der Waals surface area (Å²) in [5, 5.41) is 32.7. The highest BCUT2D eigenvalue weighted by Crippen LogP contribution is 2.33. The number of carbonyl (C=O) groups is 6. The number of benzene rings is 3. The molecule has 7 N–H and O–H groups in total. The Bertz CT molecular complexity index is 2830. The van der Waals surface area contributed by atoms with Gasteiger partial charge in [0.05, 0.1) is 74.5 Å². The minimum atomic E-state index is -1.14. The number of anilines is 2. The van der Waals surface area contributed by atoms with Crippen molar-refractivity contribution in [2.45, 2.75) is 82.3 Å². The molecular formula is C57H70FN11O10. The zero-order valence-electron chi connectivity index (χ0n) is 44.5. The van der Waals surface area contributed by atoms with Crippen LogP contribution in [0.1, 0.15) is 113 Å². The fourth-order valence-corrected chi connectivity index (χ4v) is 9.98. The Labute approximate surface area is 458 Å². The minimum absolute atomic E-state index is 0.00381. The standard InChI is InChI=1S/C57H70FN11O10/c1-38(63-52(72)41-7-6-8-42(35-41)66-57(18-22-62-23-19-57)56(60)65-51(59)40-15-20-61-21-16-40)39-9-11-43(12-10-39)79-29-5-3-2-4-28-76-31-33-78-34-32-77-30-17-50(71)68-26-24-67(25-27-68)48-37-45-44(36-46(48)58)54(74)69(55(45)75)47-13-14-49(70)64-53(47)73/h6-12,15-16,20-21,35-38,47,62,66H,2-5,13-14,17-19,22-34H2,1H3,(H,63,72)(H3,59,60,65)(H,64,70,73)/t38-,47?/m1/s1. The van der Waals surface area contributed by atoms with Gasteiger partial charge in [-0.1, -0.05) is 24.6 Å². The number of amidine groups is 2. The van der Waals surface area contributed by atoms with Crippen molar-refractivity contribution < 1.29 is 52.1 Å². The van der Waals surface area contributed by atoms with Crippen LogP contribution in [0.2, 0.25) is 0 Å². The van der Waals surface area contributed by atoms with Crippen LogP contribution in [0, 0.1) is 16.6 Å². The highest BCUT2D eigenvalue weighted by Gasteiger charge is 2.45. The first-order chi connectivity index (χ1) is 38.3. The quantitative estimate of drug-likeness (QED) is 0.0189. The normalized spacial score (nSPS) is 17.4. The average molecular weight is 1090 g/mol. The van der Waals surface area contributed by atoms with Crippen molar-refractivity contribution in [2.24, 2.45) is 0 Å². The summed E-state index contributed by atoms with van der Waals surface area (Å²) in [6.45, 7) is 7.67. The van der Waals surface area contributed by atoms with Crippen LogP contribution in [0.15, 0.2) is 85.2 Å². The van der Waals surface area contributed by atoms with E-state index in [0.29, 0.717) is 109 Å². The third kappa shape index (κ3) is 15.1. The Morgan fingerprint density at radius 3 is 2.14 bits per heavy atom. The number of amides is 6. The SMILES string of the molecule is C[C@@H](NC(=O)c1cccc(NC2(C(=N)NC(=N)c3ccncc3)CCNCC2)c1)c1ccc(OCCCCCCOCCOCCOCCC(=O)N2CCN(c3cc4c(cc3F)C(=O)N(C3CCC(=O)NC3=O)C4=O)CC2)cc1. The summed E-state index contributed by atoms with van der Waals surface area (Å²) in [4.78, 5) is 84.9. The van der Waals surface area contributed by atoms with Crippen LogP contribution in [0.4, 0.5) is 15.8 Å². The van der Waals surface area contributed by atoms with Crippen molar-refractivity contribution in [1.82, 2.24) is 36.1 Å². The molecule has 8 rings (SSSR count). The van der Waals surface area contributed by atoms with E-state index in [1.54, 1.807) is 46.5 Å². The number of piperidine rings is 2. The summed E-state index contributed by atoms with van der Waals surface area (Å²) in [6, 6.07) is 19.4. The molecule has 3 aromatic carbocycles. The molecule has 4 aromatic rings. The first kappa shape index (κ1) is 57.5. The molecule has 21 nitrogen and oxygen atoms in total. The van der Waals surface area contributed by atoms with Crippen LogP contribution in [-0.4, -0.2) is 159 Å². The van der Waals surface area contributed by atoms with Crippen LogP contribution >= 0.6 is 0 Å². The Kier molecular flexibility index (Phi) is 20.2. The first-order valence-corrected chi connectivity index (χ1v) is 27.1. The second-order valence-electron chi connectivity index (χ2n) is 19.9. The van der Waals surface area contributed by atoms with Crippen LogP contribution in [0.5, 0.6) is 5.75 Å². The lowest BCUT2D eigenvalue weighted by Gasteiger charge is -2.40. The molecule has 5 heterocycles. The first-order valence-electron chi connectivity index (χ1n) is 27.1. The molecule has 1 unspecified atom stereocenters. The Morgan fingerprint density at radius 1 is 0.785 bits per heavy atom. The summed E-state index contributed by atoms with van der Waals surface area (Å²) >= 11 is 0. The van der Waals surface area contributed by atoms with E-state index in [1.807, 2.05) is 43.3 Å². The second kappa shape index (κ2) is 27.8. The molecule has 4 aliphatic rings. The number of carbonyl (C=O) groups excluding carboxylic acids is 6. The summed E-state index contributed by atoms with van der Waals surface area (Å²) in [7, 11) is 0. The van der Waals surface area contributed by atoms with Gasteiger partial charge in [0.2, 0.25) is 17.7 Å². The maximum atomic E-state index is 15.3. The van der Waals surface area contributed by atoms with E-state index in [0.717, 1.165) is 48.0 Å². The smallest absolute Gasteiger partial charge is 0.262 e. The molecular weight excluding hydrogens is 1020 g/mol. The number of imide groups is 2. The molecule has 2 atom stereocenters. The van der Waals surface area contributed by atoms with Crippen LogP contribution in [0.25, 0.3) is 0 Å². The molecule has 79 heavy (non-hydrogen) atoms. The Morgan fingerprint density at radius 2 is 1.44 bits per heavy atom. The molecule has 4 aliphatic heterocycles. The molecule has 3 saturated heterocycles. The van der Waals surface area contributed by atoms with Gasteiger partial charge in [-0.3, -0.25) is 54.8 Å². The third-order valence-corrected chi connectivity index (χ3v) is 14.5. The molecule has 6 amide bonds. The highest BCUT2D eigenvalue weighted by molar-refractivity contribution is 6.24. The summed E-state index contributed by atoms with van der Waals surface area (Å²) < 4.78 is 38.2. The fourth-order valence-electron chi connectivity index (χ4n) is 9.98. The van der Waals surface area contributed by atoms with Crippen LogP contribution in [-0.2, 0) is 28.6 Å². The molecule has 22 heteroatoms. The van der Waals surface area contributed by atoms with Gasteiger partial charge in [0, 0.05) is 68.4 Å². The Balaban J connectivity index is 0.624. The van der Waals surface area contributed by atoms with Crippen molar-refractivity contribution in [3.8, 4) is 5.75 Å². The third-order valence-electron chi connectivity index (χ3n) is 14.5. The molecule has 420 valence electrons. The molecule has 0 bridgehead atoms.